The van der Waals surface area contributed by atoms with Crippen LogP contribution in [0, 0.1) is 0 Å². The molecule has 0 amide bonds. The molecule has 3 heteroatoms. The van der Waals surface area contributed by atoms with Crippen LogP contribution in [0.1, 0.15) is 67.4 Å². The van der Waals surface area contributed by atoms with Crippen molar-refractivity contribution >= 4 is 6.29 Å². The van der Waals surface area contributed by atoms with Gasteiger partial charge in [-0.3, -0.25) is 9.48 Å². The monoisotopic (exact) mass is 220 g/mol. The van der Waals surface area contributed by atoms with E-state index in [0.29, 0.717) is 5.92 Å². The molecule has 0 atom stereocenters. The summed E-state index contributed by atoms with van der Waals surface area (Å²) in [6.07, 6.45) is 10.4. The summed E-state index contributed by atoms with van der Waals surface area (Å²) in [5.74, 6) is 0.546. The highest BCUT2D eigenvalue weighted by Crippen LogP contribution is 2.32. The highest BCUT2D eigenvalue weighted by Gasteiger charge is 2.21. The van der Waals surface area contributed by atoms with Gasteiger partial charge >= 0.3 is 0 Å². The van der Waals surface area contributed by atoms with Gasteiger partial charge in [-0.05, 0) is 19.8 Å². The number of carbonyl (C=O) groups is 1. The molecule has 1 heterocycles. The van der Waals surface area contributed by atoms with Gasteiger partial charge in [-0.1, -0.05) is 25.7 Å². The molecule has 0 aliphatic heterocycles. The van der Waals surface area contributed by atoms with Crippen molar-refractivity contribution in [3.63, 3.8) is 0 Å². The van der Waals surface area contributed by atoms with E-state index in [1.165, 1.54) is 44.2 Å². The molecule has 2 rings (SSSR count). The average molecular weight is 220 g/mol. The molecule has 3 nitrogen and oxygen atoms in total. The third kappa shape index (κ3) is 2.18. The van der Waals surface area contributed by atoms with E-state index in [2.05, 4.69) is 12.0 Å². The van der Waals surface area contributed by atoms with Gasteiger partial charge in [0.05, 0.1) is 17.5 Å². The summed E-state index contributed by atoms with van der Waals surface area (Å²) in [6.45, 7) is 2.95. The minimum Gasteiger partial charge on any atom is -0.298 e. The topological polar surface area (TPSA) is 34.9 Å². The molecule has 0 saturated heterocycles. The Labute approximate surface area is 96.8 Å². The lowest BCUT2D eigenvalue weighted by Crippen LogP contribution is -2.09. The highest BCUT2D eigenvalue weighted by molar-refractivity contribution is 5.76. The quantitative estimate of drug-likeness (QED) is 0.579. The fourth-order valence-corrected chi connectivity index (χ4v) is 2.75. The first-order valence-corrected chi connectivity index (χ1v) is 6.37. The molecule has 88 valence electrons. The second-order valence-corrected chi connectivity index (χ2v) is 4.61. The largest absolute Gasteiger partial charge is 0.298 e. The molecule has 1 fully saturated rings. The molecular weight excluding hydrogens is 200 g/mol. The zero-order valence-corrected chi connectivity index (χ0v) is 9.98. The summed E-state index contributed by atoms with van der Waals surface area (Å²) >= 11 is 0. The molecule has 1 saturated carbocycles. The van der Waals surface area contributed by atoms with E-state index in [1.807, 2.05) is 4.68 Å². The Bertz CT molecular complexity index is 349. The fraction of sp³-hybridized carbons (Fsp3) is 0.692. The van der Waals surface area contributed by atoms with Gasteiger partial charge in [-0.25, -0.2) is 0 Å². The first-order valence-electron chi connectivity index (χ1n) is 6.37. The lowest BCUT2D eigenvalue weighted by molar-refractivity contribution is 0.112. The van der Waals surface area contributed by atoms with Gasteiger partial charge in [0.15, 0.2) is 6.29 Å². The van der Waals surface area contributed by atoms with Gasteiger partial charge in [0.1, 0.15) is 0 Å². The maximum atomic E-state index is 11.0. The summed E-state index contributed by atoms with van der Waals surface area (Å²) in [7, 11) is 0. The van der Waals surface area contributed by atoms with Crippen LogP contribution < -0.4 is 0 Å². The van der Waals surface area contributed by atoms with Crippen LogP contribution in [0.2, 0.25) is 0 Å². The molecular formula is C13H20N2O. The first-order chi connectivity index (χ1) is 7.86. The van der Waals surface area contributed by atoms with E-state index < -0.39 is 0 Å². The Morgan fingerprint density at radius 2 is 2.06 bits per heavy atom. The van der Waals surface area contributed by atoms with Crippen molar-refractivity contribution < 1.29 is 4.79 Å². The summed E-state index contributed by atoms with van der Waals surface area (Å²) in [5.41, 5.74) is 1.98. The number of nitrogens with zero attached hydrogens (tertiary/aromatic N) is 2. The van der Waals surface area contributed by atoms with Gasteiger partial charge < -0.3 is 0 Å². The van der Waals surface area contributed by atoms with Crippen LogP contribution in [0.4, 0.5) is 0 Å². The van der Waals surface area contributed by atoms with Crippen molar-refractivity contribution in [1.29, 1.82) is 0 Å². The number of aryl methyl sites for hydroxylation is 1. The van der Waals surface area contributed by atoms with E-state index in [9.17, 15) is 4.79 Å². The lowest BCUT2D eigenvalue weighted by atomic mass is 9.94. The van der Waals surface area contributed by atoms with Crippen LogP contribution in [-0.4, -0.2) is 16.1 Å². The first kappa shape index (κ1) is 11.4. The number of hydrogen-bond donors (Lipinski definition) is 0. The average Bonchev–Trinajstić information content (AvgIpc) is 2.54. The van der Waals surface area contributed by atoms with Crippen LogP contribution >= 0.6 is 0 Å². The Kier molecular flexibility index (Phi) is 3.75. The van der Waals surface area contributed by atoms with Gasteiger partial charge in [-0.2, -0.15) is 5.10 Å². The number of aldehydes is 1. The SMILES string of the molecule is CCn1ncc(C=O)c1C1CCCCCC1. The molecule has 0 bridgehead atoms. The smallest absolute Gasteiger partial charge is 0.153 e. The second-order valence-electron chi connectivity index (χ2n) is 4.61. The molecule has 0 spiro atoms. The predicted octanol–water partition coefficient (Wildman–Crippen LogP) is 3.15. The van der Waals surface area contributed by atoms with Crippen molar-refractivity contribution in [1.82, 2.24) is 9.78 Å². The van der Waals surface area contributed by atoms with E-state index in [4.69, 9.17) is 0 Å². The van der Waals surface area contributed by atoms with Crippen molar-refractivity contribution in [2.45, 2.75) is 57.9 Å². The molecule has 16 heavy (non-hydrogen) atoms. The normalized spacial score (nSPS) is 18.3. The van der Waals surface area contributed by atoms with Gasteiger partial charge in [0.2, 0.25) is 0 Å². The Morgan fingerprint density at radius 1 is 1.38 bits per heavy atom. The molecule has 0 N–H and O–H groups in total. The summed E-state index contributed by atoms with van der Waals surface area (Å²) < 4.78 is 2.00. The van der Waals surface area contributed by atoms with Crippen LogP contribution in [0.3, 0.4) is 0 Å². The van der Waals surface area contributed by atoms with Crippen LogP contribution in [0.15, 0.2) is 6.20 Å². The summed E-state index contributed by atoms with van der Waals surface area (Å²) in [4.78, 5) is 11.0. The number of rotatable bonds is 3. The van der Waals surface area contributed by atoms with Crippen molar-refractivity contribution in [2.24, 2.45) is 0 Å². The van der Waals surface area contributed by atoms with Crippen molar-refractivity contribution in [2.75, 3.05) is 0 Å². The highest BCUT2D eigenvalue weighted by atomic mass is 16.1. The zero-order chi connectivity index (χ0) is 11.4. The second kappa shape index (κ2) is 5.28. The van der Waals surface area contributed by atoms with Crippen molar-refractivity contribution in [3.8, 4) is 0 Å². The lowest BCUT2D eigenvalue weighted by Gasteiger charge is -2.16. The molecule has 1 aromatic heterocycles. The van der Waals surface area contributed by atoms with Gasteiger partial charge in [0, 0.05) is 12.5 Å². The zero-order valence-electron chi connectivity index (χ0n) is 9.98. The van der Waals surface area contributed by atoms with Crippen LogP contribution in [-0.2, 0) is 6.54 Å². The van der Waals surface area contributed by atoms with Crippen LogP contribution in [0.25, 0.3) is 0 Å². The van der Waals surface area contributed by atoms with E-state index in [1.54, 1.807) is 6.20 Å². The molecule has 1 aliphatic rings. The Morgan fingerprint density at radius 3 is 2.62 bits per heavy atom. The number of hydrogen-bond acceptors (Lipinski definition) is 2. The molecule has 1 aromatic rings. The predicted molar refractivity (Wildman–Crippen MR) is 63.7 cm³/mol. The van der Waals surface area contributed by atoms with E-state index in [0.717, 1.165) is 18.4 Å². The fourth-order valence-electron chi connectivity index (χ4n) is 2.75. The van der Waals surface area contributed by atoms with Gasteiger partial charge in [0.25, 0.3) is 0 Å². The molecule has 0 aromatic carbocycles. The number of carbonyl (C=O) groups excluding carboxylic acids is 1. The van der Waals surface area contributed by atoms with E-state index in [-0.39, 0.29) is 0 Å². The standard InChI is InChI=1S/C13H20N2O/c1-2-15-13(12(10-16)9-14-15)11-7-5-3-4-6-8-11/h9-11H,2-8H2,1H3. The molecule has 0 unspecified atom stereocenters. The third-order valence-electron chi connectivity index (χ3n) is 3.58. The van der Waals surface area contributed by atoms with Crippen LogP contribution in [0.5, 0.6) is 0 Å². The Hall–Kier alpha value is -1.12. The number of aromatic nitrogens is 2. The van der Waals surface area contributed by atoms with Crippen molar-refractivity contribution in [3.05, 3.63) is 17.5 Å². The minimum absolute atomic E-state index is 0.546. The van der Waals surface area contributed by atoms with E-state index >= 15 is 0 Å². The minimum atomic E-state index is 0.546. The third-order valence-corrected chi connectivity index (χ3v) is 3.58. The van der Waals surface area contributed by atoms with Gasteiger partial charge in [-0.15, -0.1) is 0 Å². The molecule has 1 aliphatic carbocycles. The summed E-state index contributed by atoms with van der Waals surface area (Å²) in [6, 6.07) is 0. The molecule has 0 radical (unpaired) electrons. The summed E-state index contributed by atoms with van der Waals surface area (Å²) in [5, 5.41) is 4.30. The maximum absolute atomic E-state index is 11.0. The Balaban J connectivity index is 2.28. The maximum Gasteiger partial charge on any atom is 0.153 e.